The third kappa shape index (κ3) is 3.16. The molecule has 1 aliphatic carbocycles. The summed E-state index contributed by atoms with van der Waals surface area (Å²) in [4.78, 5) is 14.6. The average molecular weight is 325 g/mol. The van der Waals surface area contributed by atoms with E-state index in [1.165, 1.54) is 18.2 Å². The molecule has 0 aromatic heterocycles. The summed E-state index contributed by atoms with van der Waals surface area (Å²) in [6, 6.07) is 5.44. The molecule has 1 aromatic carbocycles. The minimum atomic E-state index is -3.06. The minimum Gasteiger partial charge on any atom is -0.332 e. The maximum atomic E-state index is 13.4. The lowest BCUT2D eigenvalue weighted by Gasteiger charge is -2.34. The molecule has 1 aliphatic heterocycles. The van der Waals surface area contributed by atoms with E-state index < -0.39 is 15.7 Å². The van der Waals surface area contributed by atoms with E-state index in [4.69, 9.17) is 0 Å². The third-order valence-electron chi connectivity index (χ3n) is 4.63. The summed E-state index contributed by atoms with van der Waals surface area (Å²) in [7, 11) is -3.06. The molecule has 120 valence electrons. The van der Waals surface area contributed by atoms with Crippen LogP contribution in [0.15, 0.2) is 24.3 Å². The highest BCUT2D eigenvalue weighted by Crippen LogP contribution is 2.30. The van der Waals surface area contributed by atoms with Gasteiger partial charge in [-0.25, -0.2) is 12.8 Å². The first-order chi connectivity index (χ1) is 10.5. The van der Waals surface area contributed by atoms with Gasteiger partial charge in [0.25, 0.3) is 5.91 Å². The van der Waals surface area contributed by atoms with Crippen LogP contribution in [0.5, 0.6) is 0 Å². The Bertz CT molecular complexity index is 668. The molecular formula is C16H20FNO3S. The van der Waals surface area contributed by atoms with Crippen LogP contribution in [0.4, 0.5) is 4.39 Å². The van der Waals surface area contributed by atoms with Crippen LogP contribution in [-0.4, -0.2) is 42.8 Å². The molecule has 1 saturated carbocycles. The van der Waals surface area contributed by atoms with Crippen molar-refractivity contribution in [3.63, 3.8) is 0 Å². The predicted molar refractivity (Wildman–Crippen MR) is 81.9 cm³/mol. The lowest BCUT2D eigenvalue weighted by molar-refractivity contribution is 0.0601. The highest BCUT2D eigenvalue weighted by atomic mass is 32.2. The van der Waals surface area contributed by atoms with Crippen LogP contribution < -0.4 is 0 Å². The Hall–Kier alpha value is -1.43. The van der Waals surface area contributed by atoms with Gasteiger partial charge in [0.2, 0.25) is 0 Å². The van der Waals surface area contributed by atoms with Crippen molar-refractivity contribution in [2.45, 2.75) is 44.2 Å². The SMILES string of the molecule is O=C(c1cccc(F)c1)N(C1CCCC1)[C@@H]1CCS(=O)(=O)C1. The molecule has 1 atom stereocenters. The fraction of sp³-hybridized carbons (Fsp3) is 0.562. The van der Waals surface area contributed by atoms with Gasteiger partial charge in [0.15, 0.2) is 9.84 Å². The zero-order chi connectivity index (χ0) is 15.7. The van der Waals surface area contributed by atoms with E-state index in [0.29, 0.717) is 12.0 Å². The first kappa shape index (κ1) is 15.5. The normalized spacial score (nSPS) is 24.5. The Morgan fingerprint density at radius 2 is 1.86 bits per heavy atom. The van der Waals surface area contributed by atoms with E-state index in [-0.39, 0.29) is 29.5 Å². The second-order valence-electron chi connectivity index (χ2n) is 6.22. The van der Waals surface area contributed by atoms with Crippen LogP contribution in [0, 0.1) is 5.82 Å². The molecule has 0 bridgehead atoms. The van der Waals surface area contributed by atoms with Gasteiger partial charge in [-0.15, -0.1) is 0 Å². The maximum absolute atomic E-state index is 13.4. The number of rotatable bonds is 3. The summed E-state index contributed by atoms with van der Waals surface area (Å²) in [5.41, 5.74) is 0.302. The van der Waals surface area contributed by atoms with Gasteiger partial charge in [0, 0.05) is 17.6 Å². The molecule has 2 aliphatic rings. The Kier molecular flexibility index (Phi) is 4.21. The standard InChI is InChI=1S/C16H20FNO3S/c17-13-5-3-4-12(10-13)16(19)18(14-6-1-2-7-14)15-8-9-22(20,21)11-15/h3-5,10,14-15H,1-2,6-9,11H2/t15-/m1/s1. The number of carbonyl (C=O) groups is 1. The summed E-state index contributed by atoms with van der Waals surface area (Å²) in [6.07, 6.45) is 4.39. The van der Waals surface area contributed by atoms with E-state index >= 15 is 0 Å². The van der Waals surface area contributed by atoms with Gasteiger partial charge >= 0.3 is 0 Å². The van der Waals surface area contributed by atoms with Crippen molar-refractivity contribution in [2.24, 2.45) is 0 Å². The number of benzene rings is 1. The van der Waals surface area contributed by atoms with E-state index in [0.717, 1.165) is 25.7 Å². The molecule has 1 aromatic rings. The van der Waals surface area contributed by atoms with Crippen LogP contribution in [0.25, 0.3) is 0 Å². The summed E-state index contributed by atoms with van der Waals surface area (Å²) in [5.74, 6) is -0.522. The number of amides is 1. The van der Waals surface area contributed by atoms with Crippen molar-refractivity contribution in [1.82, 2.24) is 4.90 Å². The molecule has 22 heavy (non-hydrogen) atoms. The van der Waals surface area contributed by atoms with Crippen molar-refractivity contribution >= 4 is 15.7 Å². The lowest BCUT2D eigenvalue weighted by atomic mass is 10.1. The number of sulfone groups is 1. The number of nitrogens with zero attached hydrogens (tertiary/aromatic N) is 1. The summed E-state index contributed by atoms with van der Waals surface area (Å²) < 4.78 is 37.0. The smallest absolute Gasteiger partial charge is 0.254 e. The first-order valence-corrected chi connectivity index (χ1v) is 9.57. The third-order valence-corrected chi connectivity index (χ3v) is 6.38. The molecule has 0 N–H and O–H groups in total. The maximum Gasteiger partial charge on any atom is 0.254 e. The fourth-order valence-corrected chi connectivity index (χ4v) is 5.29. The van der Waals surface area contributed by atoms with Gasteiger partial charge in [0.1, 0.15) is 5.82 Å². The topological polar surface area (TPSA) is 54.5 Å². The van der Waals surface area contributed by atoms with Crippen molar-refractivity contribution in [1.29, 1.82) is 0 Å². The Labute approximate surface area is 130 Å². The summed E-state index contributed by atoms with van der Waals surface area (Å²) in [5, 5.41) is 0. The lowest BCUT2D eigenvalue weighted by Crippen LogP contribution is -2.47. The van der Waals surface area contributed by atoms with Crippen LogP contribution in [-0.2, 0) is 9.84 Å². The Morgan fingerprint density at radius 1 is 1.14 bits per heavy atom. The van der Waals surface area contributed by atoms with Gasteiger partial charge in [-0.1, -0.05) is 18.9 Å². The fourth-order valence-electron chi connectivity index (χ4n) is 3.58. The first-order valence-electron chi connectivity index (χ1n) is 7.75. The number of hydrogen-bond donors (Lipinski definition) is 0. The largest absolute Gasteiger partial charge is 0.332 e. The molecule has 4 nitrogen and oxygen atoms in total. The number of halogens is 1. The molecular weight excluding hydrogens is 305 g/mol. The second kappa shape index (κ2) is 5.99. The van der Waals surface area contributed by atoms with E-state index in [2.05, 4.69) is 0 Å². The van der Waals surface area contributed by atoms with Crippen molar-refractivity contribution in [2.75, 3.05) is 11.5 Å². The minimum absolute atomic E-state index is 0.0323. The van der Waals surface area contributed by atoms with Gasteiger partial charge in [-0.2, -0.15) is 0 Å². The van der Waals surface area contributed by atoms with E-state index in [1.54, 1.807) is 11.0 Å². The van der Waals surface area contributed by atoms with Crippen LogP contribution in [0.3, 0.4) is 0 Å². The quantitative estimate of drug-likeness (QED) is 0.857. The number of hydrogen-bond acceptors (Lipinski definition) is 3. The zero-order valence-electron chi connectivity index (χ0n) is 12.4. The van der Waals surface area contributed by atoms with Crippen LogP contribution >= 0.6 is 0 Å². The molecule has 1 amide bonds. The van der Waals surface area contributed by atoms with Crippen molar-refractivity contribution < 1.29 is 17.6 Å². The molecule has 0 radical (unpaired) electrons. The molecule has 0 unspecified atom stereocenters. The molecule has 3 rings (SSSR count). The van der Waals surface area contributed by atoms with Gasteiger partial charge < -0.3 is 4.90 Å². The van der Waals surface area contributed by atoms with E-state index in [1.807, 2.05) is 0 Å². The molecule has 2 fully saturated rings. The average Bonchev–Trinajstić information content (AvgIpc) is 3.09. The predicted octanol–water partition coefficient (Wildman–Crippen LogP) is 2.40. The molecule has 0 spiro atoms. The van der Waals surface area contributed by atoms with Crippen molar-refractivity contribution in [3.05, 3.63) is 35.6 Å². The van der Waals surface area contributed by atoms with Crippen LogP contribution in [0.2, 0.25) is 0 Å². The monoisotopic (exact) mass is 325 g/mol. The Morgan fingerprint density at radius 3 is 2.45 bits per heavy atom. The highest BCUT2D eigenvalue weighted by molar-refractivity contribution is 7.91. The molecule has 1 heterocycles. The van der Waals surface area contributed by atoms with E-state index in [9.17, 15) is 17.6 Å². The van der Waals surface area contributed by atoms with Gasteiger partial charge in [-0.3, -0.25) is 4.79 Å². The molecule has 6 heteroatoms. The van der Waals surface area contributed by atoms with Crippen molar-refractivity contribution in [3.8, 4) is 0 Å². The zero-order valence-corrected chi connectivity index (χ0v) is 13.2. The number of carbonyl (C=O) groups excluding carboxylic acids is 1. The summed E-state index contributed by atoms with van der Waals surface area (Å²) >= 11 is 0. The van der Waals surface area contributed by atoms with Gasteiger partial charge in [-0.05, 0) is 37.5 Å². The highest BCUT2D eigenvalue weighted by Gasteiger charge is 2.39. The Balaban J connectivity index is 1.89. The van der Waals surface area contributed by atoms with Crippen LogP contribution in [0.1, 0.15) is 42.5 Å². The molecule has 1 saturated heterocycles. The second-order valence-corrected chi connectivity index (χ2v) is 8.45. The summed E-state index contributed by atoms with van der Waals surface area (Å²) in [6.45, 7) is 0. The van der Waals surface area contributed by atoms with Gasteiger partial charge in [0.05, 0.1) is 11.5 Å².